The molecule has 0 saturated heterocycles. The molecule has 0 heterocycles. The first kappa shape index (κ1) is 15.9. The Kier molecular flexibility index (Phi) is 6.85. The van der Waals surface area contributed by atoms with Crippen molar-refractivity contribution in [2.24, 2.45) is 0 Å². The fourth-order valence-corrected chi connectivity index (χ4v) is 1.73. The second kappa shape index (κ2) is 7.30. The summed E-state index contributed by atoms with van der Waals surface area (Å²) in [4.78, 5) is 21.8. The Morgan fingerprint density at radius 2 is 2.00 bits per heavy atom. The van der Waals surface area contributed by atoms with Gasteiger partial charge >= 0.3 is 22.3 Å². The zero-order valence-corrected chi connectivity index (χ0v) is 10.8. The van der Waals surface area contributed by atoms with E-state index in [4.69, 9.17) is 11.6 Å². The summed E-state index contributed by atoms with van der Waals surface area (Å²) < 4.78 is 34.6. The van der Waals surface area contributed by atoms with E-state index in [1.165, 1.54) is 11.6 Å². The molecule has 2 N–H and O–H groups in total. The molecular weight excluding hydrogens is 276 g/mol. The average molecular weight is 289 g/mol. The van der Waals surface area contributed by atoms with Crippen molar-refractivity contribution in [2.75, 3.05) is 19.6 Å². The molecule has 1 amide bonds. The van der Waals surface area contributed by atoms with E-state index in [0.717, 1.165) is 7.11 Å². The first-order chi connectivity index (χ1) is 7.82. The van der Waals surface area contributed by atoms with Crippen LogP contribution in [-0.4, -0.2) is 46.1 Å². The zero-order valence-electron chi connectivity index (χ0n) is 9.23. The molecule has 0 aliphatic heterocycles. The Bertz CT molecular complexity index is 371. The molecule has 17 heavy (non-hydrogen) atoms. The van der Waals surface area contributed by atoms with Crippen LogP contribution < -0.4 is 9.44 Å². The van der Waals surface area contributed by atoms with Gasteiger partial charge in [-0.2, -0.15) is 13.1 Å². The topological polar surface area (TPSA) is 111 Å². The number of ether oxygens (including phenoxy) is 2. The van der Waals surface area contributed by atoms with Crippen molar-refractivity contribution in [2.45, 2.75) is 13.0 Å². The predicted molar refractivity (Wildman–Crippen MR) is 58.7 cm³/mol. The Labute approximate surface area is 104 Å². The molecule has 0 saturated carbocycles. The first-order valence-corrected chi connectivity index (χ1v) is 6.44. The Hall–Kier alpha value is -1.06. The lowest BCUT2D eigenvalue weighted by molar-refractivity contribution is -0.142. The van der Waals surface area contributed by atoms with Gasteiger partial charge in [-0.1, -0.05) is 0 Å². The third-order valence-electron chi connectivity index (χ3n) is 1.41. The van der Waals surface area contributed by atoms with E-state index >= 15 is 0 Å². The van der Waals surface area contributed by atoms with Gasteiger partial charge < -0.3 is 9.47 Å². The monoisotopic (exact) mass is 288 g/mol. The number of nitrogens with one attached hydrogen (secondary N) is 2. The van der Waals surface area contributed by atoms with Crippen LogP contribution in [0.1, 0.15) is 6.92 Å². The molecule has 0 spiro atoms. The molecule has 0 bridgehead atoms. The molecule has 0 radical (unpaired) electrons. The van der Waals surface area contributed by atoms with E-state index in [9.17, 15) is 18.0 Å². The van der Waals surface area contributed by atoms with Crippen LogP contribution in [0.3, 0.4) is 0 Å². The summed E-state index contributed by atoms with van der Waals surface area (Å²) in [5.74, 6) is -0.746. The normalized spacial score (nSPS) is 12.6. The van der Waals surface area contributed by atoms with Gasteiger partial charge in [0.05, 0.1) is 13.0 Å². The molecule has 8 nitrogen and oxygen atoms in total. The van der Waals surface area contributed by atoms with E-state index in [1.807, 2.05) is 4.72 Å². The molecule has 0 rings (SSSR count). The fourth-order valence-electron chi connectivity index (χ4n) is 0.758. The molecule has 0 aliphatic rings. The van der Waals surface area contributed by atoms with E-state index in [1.54, 1.807) is 0 Å². The molecule has 0 fully saturated rings. The minimum Gasteiger partial charge on any atom is -0.468 e. The zero-order chi connectivity index (χ0) is 13.5. The van der Waals surface area contributed by atoms with Gasteiger partial charge in [-0.3, -0.25) is 4.79 Å². The molecular formula is C7H13ClN2O6S. The summed E-state index contributed by atoms with van der Waals surface area (Å²) in [7, 11) is -3.08. The van der Waals surface area contributed by atoms with Crippen LogP contribution in [0.2, 0.25) is 0 Å². The maximum absolute atomic E-state index is 11.3. The van der Waals surface area contributed by atoms with Crippen LogP contribution in [0.15, 0.2) is 0 Å². The third kappa shape index (κ3) is 6.97. The molecule has 0 aromatic carbocycles. The van der Waals surface area contributed by atoms with Gasteiger partial charge in [0.2, 0.25) is 0 Å². The van der Waals surface area contributed by atoms with Gasteiger partial charge in [0.15, 0.2) is 0 Å². The first-order valence-electron chi connectivity index (χ1n) is 4.43. The Morgan fingerprint density at radius 3 is 2.47 bits per heavy atom. The molecule has 10 heteroatoms. The van der Waals surface area contributed by atoms with Crippen molar-refractivity contribution in [1.82, 2.24) is 9.44 Å². The summed E-state index contributed by atoms with van der Waals surface area (Å²) in [6.07, 6.45) is -1.18. The number of carbonyl (C=O) groups excluding carboxylic acids is 2. The smallest absolute Gasteiger partial charge is 0.421 e. The maximum atomic E-state index is 11.3. The van der Waals surface area contributed by atoms with E-state index in [-0.39, 0.29) is 12.5 Å². The Morgan fingerprint density at radius 1 is 1.41 bits per heavy atom. The van der Waals surface area contributed by atoms with Crippen LogP contribution in [0.4, 0.5) is 4.79 Å². The number of hydrogen-bond acceptors (Lipinski definition) is 6. The second-order valence-electron chi connectivity index (χ2n) is 2.79. The van der Waals surface area contributed by atoms with Crippen molar-refractivity contribution in [1.29, 1.82) is 0 Å². The highest BCUT2D eigenvalue weighted by Crippen LogP contribution is 1.90. The molecule has 0 aromatic heterocycles. The lowest BCUT2D eigenvalue weighted by atomic mass is 10.4. The van der Waals surface area contributed by atoms with Gasteiger partial charge in [-0.25, -0.2) is 9.52 Å². The number of carbonyl (C=O) groups is 2. The van der Waals surface area contributed by atoms with Crippen molar-refractivity contribution >= 4 is 33.9 Å². The van der Waals surface area contributed by atoms with Crippen LogP contribution in [-0.2, 0) is 24.5 Å². The Balaban J connectivity index is 4.30. The van der Waals surface area contributed by atoms with Crippen molar-refractivity contribution in [3.63, 3.8) is 0 Å². The fraction of sp³-hybridized carbons (Fsp3) is 0.714. The summed E-state index contributed by atoms with van der Waals surface area (Å²) in [5.41, 5.74) is 0. The number of esters is 1. The second-order valence-corrected chi connectivity index (χ2v) is 4.62. The van der Waals surface area contributed by atoms with Gasteiger partial charge in [0, 0.05) is 0 Å². The highest BCUT2D eigenvalue weighted by molar-refractivity contribution is 7.88. The largest absolute Gasteiger partial charge is 0.468 e. The van der Waals surface area contributed by atoms with Crippen molar-refractivity contribution < 1.29 is 27.5 Å². The number of halogens is 1. The van der Waals surface area contributed by atoms with Crippen LogP contribution in [0.25, 0.3) is 0 Å². The number of alkyl halides is 1. The number of methoxy groups -OCH3 is 1. The summed E-state index contributed by atoms with van der Waals surface area (Å²) in [6.45, 7) is 1.13. The number of hydrogen-bond donors (Lipinski definition) is 2. The summed E-state index contributed by atoms with van der Waals surface area (Å²) >= 11 is 5.23. The van der Waals surface area contributed by atoms with Gasteiger partial charge in [0.1, 0.15) is 12.6 Å². The van der Waals surface area contributed by atoms with Crippen LogP contribution in [0, 0.1) is 0 Å². The molecule has 0 aliphatic carbocycles. The third-order valence-corrected chi connectivity index (χ3v) is 2.67. The van der Waals surface area contributed by atoms with E-state index < -0.39 is 28.3 Å². The van der Waals surface area contributed by atoms with Gasteiger partial charge in [-0.05, 0) is 6.92 Å². The molecule has 1 atom stereocenters. The summed E-state index contributed by atoms with van der Waals surface area (Å²) in [6, 6.07) is -1.13. The van der Waals surface area contributed by atoms with Gasteiger partial charge in [0.25, 0.3) is 0 Å². The molecule has 100 valence electrons. The quantitative estimate of drug-likeness (QED) is 0.496. The minimum atomic E-state index is -4.18. The summed E-state index contributed by atoms with van der Waals surface area (Å²) in [5, 5.41) is 0. The van der Waals surface area contributed by atoms with Crippen molar-refractivity contribution in [3.8, 4) is 0 Å². The SMILES string of the molecule is COC(=O)C(C)NS(=O)(=O)NC(=O)OCCCl. The van der Waals surface area contributed by atoms with E-state index in [0.29, 0.717) is 0 Å². The standard InChI is InChI=1S/C7H13ClN2O6S/c1-5(6(11)15-2)9-17(13,14)10-7(12)16-4-3-8/h5,9H,3-4H2,1-2H3,(H,10,12). The number of rotatable bonds is 6. The van der Waals surface area contributed by atoms with Gasteiger partial charge in [-0.15, -0.1) is 11.6 Å². The maximum Gasteiger partial charge on any atom is 0.421 e. The van der Waals surface area contributed by atoms with E-state index in [2.05, 4.69) is 9.47 Å². The van der Waals surface area contributed by atoms with Crippen LogP contribution >= 0.6 is 11.6 Å². The lowest BCUT2D eigenvalue weighted by Gasteiger charge is -2.12. The lowest BCUT2D eigenvalue weighted by Crippen LogP contribution is -2.47. The molecule has 0 aromatic rings. The van der Waals surface area contributed by atoms with Crippen molar-refractivity contribution in [3.05, 3.63) is 0 Å². The number of amides is 1. The molecule has 1 unspecified atom stereocenters. The predicted octanol–water partition coefficient (Wildman–Crippen LogP) is -0.653. The van der Waals surface area contributed by atoms with Crippen LogP contribution in [0.5, 0.6) is 0 Å². The highest BCUT2D eigenvalue weighted by Gasteiger charge is 2.22. The highest BCUT2D eigenvalue weighted by atomic mass is 35.5. The average Bonchev–Trinajstić information content (AvgIpc) is 2.23. The minimum absolute atomic E-state index is 0.0411.